The first-order valence-electron chi connectivity index (χ1n) is 7.65. The molecular formula is C18H21N5O. The second-order valence-corrected chi connectivity index (χ2v) is 5.83. The topological polar surface area (TPSA) is 92.0 Å². The second kappa shape index (κ2) is 5.88. The molecule has 0 bridgehead atoms. The van der Waals surface area contributed by atoms with E-state index < -0.39 is 0 Å². The minimum atomic E-state index is 0.469. The zero-order chi connectivity index (χ0) is 17.4. The molecule has 0 aliphatic carbocycles. The average molecular weight is 323 g/mol. The van der Waals surface area contributed by atoms with Crippen molar-refractivity contribution < 1.29 is 4.74 Å². The highest BCUT2D eigenvalue weighted by molar-refractivity contribution is 5.70. The van der Waals surface area contributed by atoms with Crippen LogP contribution < -0.4 is 16.2 Å². The number of anilines is 2. The maximum Gasteiger partial charge on any atom is 0.215 e. The predicted molar refractivity (Wildman–Crippen MR) is 96.4 cm³/mol. The molecular weight excluding hydrogens is 302 g/mol. The van der Waals surface area contributed by atoms with E-state index in [2.05, 4.69) is 28.2 Å². The maximum absolute atomic E-state index is 6.29. The van der Waals surface area contributed by atoms with Crippen LogP contribution in [0, 0.1) is 20.8 Å². The lowest BCUT2D eigenvalue weighted by molar-refractivity contribution is 0.397. The number of aromatic nitrogens is 3. The molecule has 0 unspecified atom stereocenters. The summed E-state index contributed by atoms with van der Waals surface area (Å²) in [6.45, 7) is 5.96. The van der Waals surface area contributed by atoms with Crippen LogP contribution in [0.2, 0.25) is 0 Å². The van der Waals surface area contributed by atoms with E-state index in [1.165, 1.54) is 0 Å². The Morgan fingerprint density at radius 1 is 1.00 bits per heavy atom. The molecule has 3 aromatic rings. The lowest BCUT2D eigenvalue weighted by Crippen LogP contribution is -2.09. The number of rotatable bonds is 3. The Kier molecular flexibility index (Phi) is 3.89. The number of aryl methyl sites for hydroxylation is 3. The summed E-state index contributed by atoms with van der Waals surface area (Å²) in [6.07, 6.45) is 0. The van der Waals surface area contributed by atoms with E-state index >= 15 is 0 Å². The summed E-state index contributed by atoms with van der Waals surface area (Å²) in [5.41, 5.74) is 16.9. The normalized spacial score (nSPS) is 10.8. The van der Waals surface area contributed by atoms with Crippen molar-refractivity contribution in [1.29, 1.82) is 0 Å². The van der Waals surface area contributed by atoms with Crippen LogP contribution in [-0.2, 0) is 0 Å². The largest absolute Gasteiger partial charge is 0.481 e. The van der Waals surface area contributed by atoms with Gasteiger partial charge in [0.2, 0.25) is 5.88 Å². The molecule has 4 N–H and O–H groups in total. The highest BCUT2D eigenvalue weighted by atomic mass is 16.5. The SMILES string of the molecule is COc1ccc(N)c(-n2c(-c3cc(C)ccc3C)nc(C)c2N)n1. The fraction of sp³-hybridized carbons (Fsp3) is 0.222. The van der Waals surface area contributed by atoms with E-state index in [4.69, 9.17) is 16.2 Å². The van der Waals surface area contributed by atoms with Crippen LogP contribution in [-0.4, -0.2) is 21.6 Å². The quantitative estimate of drug-likeness (QED) is 0.773. The molecule has 0 aliphatic rings. The molecule has 3 rings (SSSR count). The van der Waals surface area contributed by atoms with Crippen molar-refractivity contribution in [3.05, 3.63) is 47.2 Å². The Labute approximate surface area is 141 Å². The summed E-state index contributed by atoms with van der Waals surface area (Å²) in [5, 5.41) is 0. The van der Waals surface area contributed by atoms with Crippen molar-refractivity contribution in [3.63, 3.8) is 0 Å². The monoisotopic (exact) mass is 323 g/mol. The molecule has 2 heterocycles. The van der Waals surface area contributed by atoms with E-state index in [1.54, 1.807) is 23.8 Å². The van der Waals surface area contributed by atoms with Crippen molar-refractivity contribution in [2.75, 3.05) is 18.6 Å². The third kappa shape index (κ3) is 2.56. The summed E-state index contributed by atoms with van der Waals surface area (Å²) < 4.78 is 7.01. The molecule has 0 atom stereocenters. The highest BCUT2D eigenvalue weighted by Gasteiger charge is 2.20. The van der Waals surface area contributed by atoms with Gasteiger partial charge in [-0.05, 0) is 38.5 Å². The van der Waals surface area contributed by atoms with Crippen LogP contribution in [0.4, 0.5) is 11.5 Å². The number of methoxy groups -OCH3 is 1. The second-order valence-electron chi connectivity index (χ2n) is 5.83. The smallest absolute Gasteiger partial charge is 0.215 e. The van der Waals surface area contributed by atoms with E-state index in [1.807, 2.05) is 20.8 Å². The molecule has 1 aromatic carbocycles. The summed E-state index contributed by atoms with van der Waals surface area (Å²) in [4.78, 5) is 9.13. The van der Waals surface area contributed by atoms with Crippen molar-refractivity contribution in [2.24, 2.45) is 0 Å². The Bertz CT molecular complexity index is 914. The Morgan fingerprint density at radius 3 is 2.46 bits per heavy atom. The molecule has 0 aliphatic heterocycles. The van der Waals surface area contributed by atoms with Gasteiger partial charge in [0.05, 0.1) is 18.5 Å². The molecule has 124 valence electrons. The lowest BCUT2D eigenvalue weighted by Gasteiger charge is -2.14. The van der Waals surface area contributed by atoms with Gasteiger partial charge in [-0.2, -0.15) is 4.98 Å². The fourth-order valence-electron chi connectivity index (χ4n) is 2.65. The van der Waals surface area contributed by atoms with Crippen LogP contribution >= 0.6 is 0 Å². The number of nitrogens with two attached hydrogens (primary N) is 2. The average Bonchev–Trinajstić information content (AvgIpc) is 2.85. The van der Waals surface area contributed by atoms with E-state index in [0.717, 1.165) is 28.2 Å². The lowest BCUT2D eigenvalue weighted by atomic mass is 10.1. The van der Waals surface area contributed by atoms with E-state index in [9.17, 15) is 0 Å². The molecule has 24 heavy (non-hydrogen) atoms. The molecule has 0 saturated carbocycles. The molecule has 6 heteroatoms. The molecule has 0 amide bonds. The van der Waals surface area contributed by atoms with E-state index in [-0.39, 0.29) is 0 Å². The Morgan fingerprint density at radius 2 is 1.75 bits per heavy atom. The highest BCUT2D eigenvalue weighted by Crippen LogP contribution is 2.32. The molecule has 2 aromatic heterocycles. The van der Waals surface area contributed by atoms with Gasteiger partial charge in [-0.3, -0.25) is 4.57 Å². The first kappa shape index (κ1) is 15.9. The van der Waals surface area contributed by atoms with Crippen LogP contribution in [0.25, 0.3) is 17.2 Å². The van der Waals surface area contributed by atoms with Gasteiger partial charge in [0.1, 0.15) is 11.6 Å². The van der Waals surface area contributed by atoms with Gasteiger partial charge >= 0.3 is 0 Å². The zero-order valence-electron chi connectivity index (χ0n) is 14.3. The maximum atomic E-state index is 6.29. The third-order valence-corrected chi connectivity index (χ3v) is 4.03. The number of imidazole rings is 1. The first-order valence-corrected chi connectivity index (χ1v) is 7.65. The van der Waals surface area contributed by atoms with Gasteiger partial charge in [0.25, 0.3) is 0 Å². The molecule has 0 saturated heterocycles. The predicted octanol–water partition coefficient (Wildman–Crippen LogP) is 3.03. The number of nitrogen functional groups attached to an aromatic ring is 2. The summed E-state index contributed by atoms with van der Waals surface area (Å²) >= 11 is 0. The van der Waals surface area contributed by atoms with Crippen LogP contribution in [0.5, 0.6) is 5.88 Å². The van der Waals surface area contributed by atoms with Gasteiger partial charge in [0, 0.05) is 11.6 Å². The number of hydrogen-bond acceptors (Lipinski definition) is 5. The minimum Gasteiger partial charge on any atom is -0.481 e. The molecule has 0 radical (unpaired) electrons. The number of hydrogen-bond donors (Lipinski definition) is 2. The molecule has 0 fully saturated rings. The third-order valence-electron chi connectivity index (χ3n) is 4.03. The van der Waals surface area contributed by atoms with Gasteiger partial charge in [-0.25, -0.2) is 4.98 Å². The molecule has 0 spiro atoms. The van der Waals surface area contributed by atoms with Crippen LogP contribution in [0.1, 0.15) is 16.8 Å². The fourth-order valence-corrected chi connectivity index (χ4v) is 2.65. The summed E-state index contributed by atoms with van der Waals surface area (Å²) in [5.74, 6) is 2.22. The summed E-state index contributed by atoms with van der Waals surface area (Å²) in [7, 11) is 1.57. The minimum absolute atomic E-state index is 0.469. The zero-order valence-corrected chi connectivity index (χ0v) is 14.3. The van der Waals surface area contributed by atoms with Crippen LogP contribution in [0.15, 0.2) is 30.3 Å². The van der Waals surface area contributed by atoms with E-state index in [0.29, 0.717) is 23.2 Å². The van der Waals surface area contributed by atoms with Gasteiger partial charge < -0.3 is 16.2 Å². The Hall–Kier alpha value is -3.02. The van der Waals surface area contributed by atoms with Crippen molar-refractivity contribution >= 4 is 11.5 Å². The molecule has 6 nitrogen and oxygen atoms in total. The van der Waals surface area contributed by atoms with Gasteiger partial charge in [-0.1, -0.05) is 17.7 Å². The number of nitrogens with zero attached hydrogens (tertiary/aromatic N) is 3. The number of ether oxygens (including phenoxy) is 1. The van der Waals surface area contributed by atoms with Crippen LogP contribution in [0.3, 0.4) is 0 Å². The number of pyridine rings is 1. The standard InChI is InChI=1S/C18H21N5O/c1-10-5-6-11(2)13(9-10)17-21-12(3)16(20)23(17)18-14(19)7-8-15(22-18)24-4/h5-9H,19-20H2,1-4H3. The van der Waals surface area contributed by atoms with Gasteiger partial charge in [0.15, 0.2) is 5.82 Å². The van der Waals surface area contributed by atoms with Gasteiger partial charge in [-0.15, -0.1) is 0 Å². The summed E-state index contributed by atoms with van der Waals surface area (Å²) in [6, 6.07) is 9.70. The van der Waals surface area contributed by atoms with Crippen molar-refractivity contribution in [3.8, 4) is 23.1 Å². The Balaban J connectivity index is 2.32. The van der Waals surface area contributed by atoms with Crippen molar-refractivity contribution in [1.82, 2.24) is 14.5 Å². The number of benzene rings is 1. The van der Waals surface area contributed by atoms with Crippen molar-refractivity contribution in [2.45, 2.75) is 20.8 Å². The first-order chi connectivity index (χ1) is 11.4.